The number of halogens is 1. The van der Waals surface area contributed by atoms with Crippen molar-refractivity contribution >= 4 is 39.2 Å². The number of amides is 1. The lowest BCUT2D eigenvalue weighted by Crippen LogP contribution is -2.37. The van der Waals surface area contributed by atoms with E-state index in [1.165, 1.54) is 31.0 Å². The second-order valence-corrected chi connectivity index (χ2v) is 8.53. The van der Waals surface area contributed by atoms with Gasteiger partial charge in [-0.2, -0.15) is 9.61 Å². The first kappa shape index (κ1) is 18.4. The Bertz CT molecular complexity index is 937. The number of nitrogens with one attached hydrogen (secondary N) is 1. The second-order valence-electron chi connectivity index (χ2n) is 6.67. The van der Waals surface area contributed by atoms with E-state index < -0.39 is 0 Å². The summed E-state index contributed by atoms with van der Waals surface area (Å²) in [7, 11) is 0. The molecule has 0 unspecified atom stereocenters. The molecule has 0 saturated heterocycles. The van der Waals surface area contributed by atoms with Crippen LogP contribution in [0.4, 0.5) is 0 Å². The highest BCUT2D eigenvalue weighted by Crippen LogP contribution is 2.22. The van der Waals surface area contributed by atoms with Gasteiger partial charge in [0.1, 0.15) is 0 Å². The lowest BCUT2D eigenvalue weighted by Gasteiger charge is -2.22. The monoisotopic (exact) mass is 445 g/mol. The van der Waals surface area contributed by atoms with Gasteiger partial charge in [0, 0.05) is 16.1 Å². The lowest BCUT2D eigenvalue weighted by atomic mass is 9.95. The topological polar surface area (TPSA) is 72.2 Å². The Morgan fingerprint density at radius 2 is 1.89 bits per heavy atom. The predicted octanol–water partition coefficient (Wildman–Crippen LogP) is 4.09. The fourth-order valence-corrected chi connectivity index (χ4v) is 4.24. The van der Waals surface area contributed by atoms with Crippen LogP contribution >= 0.6 is 27.7 Å². The number of nitrogens with zero attached hydrogens (tertiary/aromatic N) is 4. The molecule has 4 rings (SSSR count). The fraction of sp³-hybridized carbons (Fsp3) is 0.368. The Hall–Kier alpha value is -1.93. The van der Waals surface area contributed by atoms with E-state index in [2.05, 4.69) is 36.5 Å². The lowest BCUT2D eigenvalue weighted by molar-refractivity contribution is -0.119. The Morgan fingerprint density at radius 3 is 2.67 bits per heavy atom. The largest absolute Gasteiger partial charge is 0.353 e. The third-order valence-electron chi connectivity index (χ3n) is 4.68. The summed E-state index contributed by atoms with van der Waals surface area (Å²) in [5.74, 6) is 0.370. The van der Waals surface area contributed by atoms with Gasteiger partial charge in [0.05, 0.1) is 11.4 Å². The average molecular weight is 446 g/mol. The summed E-state index contributed by atoms with van der Waals surface area (Å²) in [6.45, 7) is 0. The van der Waals surface area contributed by atoms with Gasteiger partial charge in [-0.1, -0.05) is 59.1 Å². The van der Waals surface area contributed by atoms with Gasteiger partial charge in [-0.15, -0.1) is 10.2 Å². The zero-order valence-electron chi connectivity index (χ0n) is 14.8. The first-order chi connectivity index (χ1) is 13.2. The highest BCUT2D eigenvalue weighted by molar-refractivity contribution is 9.10. The van der Waals surface area contributed by atoms with E-state index in [1.54, 1.807) is 4.52 Å². The van der Waals surface area contributed by atoms with Gasteiger partial charge in [0.25, 0.3) is 0 Å². The summed E-state index contributed by atoms with van der Waals surface area (Å²) in [4.78, 5) is 12.2. The molecule has 1 amide bonds. The second kappa shape index (κ2) is 8.39. The first-order valence-electron chi connectivity index (χ1n) is 9.09. The quantitative estimate of drug-likeness (QED) is 0.598. The number of hydrogen-bond donors (Lipinski definition) is 1. The van der Waals surface area contributed by atoms with E-state index in [1.807, 2.05) is 36.4 Å². The van der Waals surface area contributed by atoms with E-state index in [0.717, 1.165) is 28.6 Å². The fourth-order valence-electron chi connectivity index (χ4n) is 3.28. The van der Waals surface area contributed by atoms with Gasteiger partial charge in [-0.25, -0.2) is 0 Å². The van der Waals surface area contributed by atoms with Crippen molar-refractivity contribution in [1.29, 1.82) is 0 Å². The number of aromatic nitrogens is 4. The molecule has 1 aliphatic carbocycles. The highest BCUT2D eigenvalue weighted by Gasteiger charge is 2.17. The summed E-state index contributed by atoms with van der Waals surface area (Å²) in [5.41, 5.74) is 2.52. The molecule has 27 heavy (non-hydrogen) atoms. The van der Waals surface area contributed by atoms with E-state index in [0.29, 0.717) is 22.6 Å². The van der Waals surface area contributed by atoms with E-state index in [4.69, 9.17) is 0 Å². The minimum atomic E-state index is 0.0488. The summed E-state index contributed by atoms with van der Waals surface area (Å²) in [6.07, 6.45) is 5.86. The molecule has 0 bridgehead atoms. The minimum absolute atomic E-state index is 0.0488. The highest BCUT2D eigenvalue weighted by atomic mass is 79.9. The third kappa shape index (κ3) is 4.50. The molecular formula is C19H20BrN5OS. The number of carbonyl (C=O) groups is 1. The predicted molar refractivity (Wildman–Crippen MR) is 110 cm³/mol. The normalized spacial score (nSPS) is 15.1. The van der Waals surface area contributed by atoms with E-state index >= 15 is 0 Å². The van der Waals surface area contributed by atoms with E-state index in [-0.39, 0.29) is 5.91 Å². The molecule has 3 aromatic rings. The molecule has 0 spiro atoms. The van der Waals surface area contributed by atoms with Gasteiger partial charge in [-0.3, -0.25) is 4.79 Å². The van der Waals surface area contributed by atoms with Gasteiger partial charge < -0.3 is 5.32 Å². The van der Waals surface area contributed by atoms with Gasteiger partial charge >= 0.3 is 0 Å². The van der Waals surface area contributed by atoms with Crippen LogP contribution in [0.15, 0.2) is 46.0 Å². The number of carbonyl (C=O) groups excluding carboxylic acids is 1. The van der Waals surface area contributed by atoms with Crippen molar-refractivity contribution in [3.8, 4) is 11.3 Å². The number of benzene rings is 1. The Kier molecular flexibility index (Phi) is 5.73. The van der Waals surface area contributed by atoms with Crippen molar-refractivity contribution < 1.29 is 4.79 Å². The molecule has 2 heterocycles. The summed E-state index contributed by atoms with van der Waals surface area (Å²) in [5, 5.41) is 16.8. The molecule has 0 atom stereocenters. The van der Waals surface area contributed by atoms with Gasteiger partial charge in [0.15, 0.2) is 5.65 Å². The smallest absolute Gasteiger partial charge is 0.230 e. The zero-order valence-corrected chi connectivity index (χ0v) is 17.2. The van der Waals surface area contributed by atoms with Crippen LogP contribution in [0.5, 0.6) is 0 Å². The summed E-state index contributed by atoms with van der Waals surface area (Å²) in [6, 6.07) is 12.1. The van der Waals surface area contributed by atoms with Crippen molar-refractivity contribution in [3.63, 3.8) is 0 Å². The first-order valence-corrected chi connectivity index (χ1v) is 10.9. The maximum Gasteiger partial charge on any atom is 0.230 e. The summed E-state index contributed by atoms with van der Waals surface area (Å²) < 4.78 is 2.73. The van der Waals surface area contributed by atoms with Crippen molar-refractivity contribution in [2.24, 2.45) is 0 Å². The number of rotatable bonds is 5. The van der Waals surface area contributed by atoms with Crippen molar-refractivity contribution in [2.75, 3.05) is 5.75 Å². The molecule has 6 nitrogen and oxygen atoms in total. The van der Waals surface area contributed by atoms with Crippen molar-refractivity contribution in [1.82, 2.24) is 25.1 Å². The maximum atomic E-state index is 12.2. The van der Waals surface area contributed by atoms with E-state index in [9.17, 15) is 4.79 Å². The number of fused-ring (bicyclic) bond motifs is 1. The molecule has 8 heteroatoms. The van der Waals surface area contributed by atoms with Crippen LogP contribution in [0.25, 0.3) is 16.9 Å². The van der Waals surface area contributed by atoms with Gasteiger partial charge in [-0.05, 0) is 37.1 Å². The molecule has 2 aromatic heterocycles. The molecule has 1 saturated carbocycles. The van der Waals surface area contributed by atoms with Crippen LogP contribution in [-0.2, 0) is 4.79 Å². The van der Waals surface area contributed by atoms with Crippen molar-refractivity contribution in [3.05, 3.63) is 40.9 Å². The van der Waals surface area contributed by atoms with Crippen LogP contribution in [0.2, 0.25) is 0 Å². The molecule has 0 radical (unpaired) electrons. The van der Waals surface area contributed by atoms with Crippen LogP contribution < -0.4 is 5.32 Å². The minimum Gasteiger partial charge on any atom is -0.353 e. The van der Waals surface area contributed by atoms with Crippen molar-refractivity contribution in [2.45, 2.75) is 43.3 Å². The molecule has 0 aliphatic heterocycles. The Labute approximate surface area is 170 Å². The average Bonchev–Trinajstić information content (AvgIpc) is 3.10. The summed E-state index contributed by atoms with van der Waals surface area (Å²) >= 11 is 4.81. The molecule has 1 N–H and O–H groups in total. The van der Waals surface area contributed by atoms with Crippen LogP contribution in [0.3, 0.4) is 0 Å². The Morgan fingerprint density at radius 1 is 1.11 bits per heavy atom. The zero-order chi connectivity index (χ0) is 18.6. The SMILES string of the molecule is O=C(CSc1nnc2ccc(-c3ccc(Br)cc3)nn12)NC1CCCCC1. The number of hydrogen-bond acceptors (Lipinski definition) is 5. The Balaban J connectivity index is 1.46. The number of thioether (sulfide) groups is 1. The van der Waals surface area contributed by atoms with Crippen LogP contribution in [-0.4, -0.2) is 37.5 Å². The molecule has 140 valence electrons. The molecule has 1 aliphatic rings. The van der Waals surface area contributed by atoms with Crippen LogP contribution in [0.1, 0.15) is 32.1 Å². The molecule has 1 aromatic carbocycles. The maximum absolute atomic E-state index is 12.2. The van der Waals surface area contributed by atoms with Crippen LogP contribution in [0, 0.1) is 0 Å². The third-order valence-corrected chi connectivity index (χ3v) is 6.12. The van der Waals surface area contributed by atoms with Gasteiger partial charge in [0.2, 0.25) is 11.1 Å². The molecule has 1 fully saturated rings. The standard InChI is InChI=1S/C19H20BrN5OS/c20-14-8-6-13(7-9-14)16-10-11-17-22-23-19(25(17)24-16)27-12-18(26)21-15-4-2-1-3-5-15/h6-11,15H,1-5,12H2,(H,21,26). The molecular weight excluding hydrogens is 426 g/mol.